The zero-order chi connectivity index (χ0) is 21.3. The van der Waals surface area contributed by atoms with Gasteiger partial charge in [-0.3, -0.25) is 9.79 Å². The van der Waals surface area contributed by atoms with Crippen molar-refractivity contribution in [3.63, 3.8) is 0 Å². The van der Waals surface area contributed by atoms with Crippen LogP contribution in [-0.4, -0.2) is 55.0 Å². The SMILES string of the molecule is CCNC(=NCC(CC)(CC)NC(C)c1ccccc1)NC1CCC(=O)N(C)C1.I. The second-order valence-electron chi connectivity index (χ2n) is 8.11. The maximum atomic E-state index is 11.7. The van der Waals surface area contributed by atoms with Gasteiger partial charge in [0.25, 0.3) is 0 Å². The second-order valence-corrected chi connectivity index (χ2v) is 8.11. The van der Waals surface area contributed by atoms with Gasteiger partial charge in [-0.05, 0) is 38.7 Å². The zero-order valence-electron chi connectivity index (χ0n) is 19.2. The first-order valence-corrected chi connectivity index (χ1v) is 11.0. The zero-order valence-corrected chi connectivity index (χ0v) is 21.5. The Balaban J connectivity index is 0.00000450. The lowest BCUT2D eigenvalue weighted by Gasteiger charge is -2.36. The molecule has 1 aromatic carbocycles. The highest BCUT2D eigenvalue weighted by Gasteiger charge is 2.29. The number of likely N-dealkylation sites (N-methyl/N-ethyl adjacent to an activating group) is 1. The Morgan fingerprint density at radius 2 is 1.90 bits per heavy atom. The van der Waals surface area contributed by atoms with Crippen LogP contribution in [0.2, 0.25) is 0 Å². The highest BCUT2D eigenvalue weighted by Crippen LogP contribution is 2.22. The molecule has 1 heterocycles. The lowest BCUT2D eigenvalue weighted by Crippen LogP contribution is -2.53. The molecule has 1 aliphatic heterocycles. The molecule has 0 bridgehead atoms. The third-order valence-electron chi connectivity index (χ3n) is 6.03. The van der Waals surface area contributed by atoms with Gasteiger partial charge in [-0.1, -0.05) is 44.2 Å². The smallest absolute Gasteiger partial charge is 0.222 e. The molecule has 1 fully saturated rings. The van der Waals surface area contributed by atoms with E-state index in [0.717, 1.165) is 38.3 Å². The summed E-state index contributed by atoms with van der Waals surface area (Å²) in [5, 5.41) is 10.7. The van der Waals surface area contributed by atoms with E-state index in [0.29, 0.717) is 13.0 Å². The molecule has 0 saturated carbocycles. The van der Waals surface area contributed by atoms with Crippen LogP contribution >= 0.6 is 24.0 Å². The summed E-state index contributed by atoms with van der Waals surface area (Å²) < 4.78 is 0. The fourth-order valence-electron chi connectivity index (χ4n) is 3.88. The van der Waals surface area contributed by atoms with E-state index in [4.69, 9.17) is 4.99 Å². The van der Waals surface area contributed by atoms with Crippen LogP contribution in [0.5, 0.6) is 0 Å². The summed E-state index contributed by atoms with van der Waals surface area (Å²) in [5.41, 5.74) is 1.24. The van der Waals surface area contributed by atoms with Gasteiger partial charge in [0.1, 0.15) is 0 Å². The van der Waals surface area contributed by atoms with Gasteiger partial charge in [-0.2, -0.15) is 0 Å². The molecular formula is C23H40IN5O. The van der Waals surface area contributed by atoms with Crippen LogP contribution in [0, 0.1) is 0 Å². The van der Waals surface area contributed by atoms with Crippen LogP contribution in [0.25, 0.3) is 0 Å². The predicted octanol–water partition coefficient (Wildman–Crippen LogP) is 3.69. The quantitative estimate of drug-likeness (QED) is 0.259. The van der Waals surface area contributed by atoms with Crippen LogP contribution in [0.15, 0.2) is 35.3 Å². The lowest BCUT2D eigenvalue weighted by atomic mass is 9.90. The van der Waals surface area contributed by atoms with E-state index in [1.165, 1.54) is 5.56 Å². The molecule has 2 rings (SSSR count). The number of rotatable bonds is 9. The van der Waals surface area contributed by atoms with E-state index in [9.17, 15) is 4.79 Å². The highest BCUT2D eigenvalue weighted by atomic mass is 127. The average Bonchev–Trinajstić information content (AvgIpc) is 2.74. The van der Waals surface area contributed by atoms with Crippen LogP contribution < -0.4 is 16.0 Å². The van der Waals surface area contributed by atoms with Crippen molar-refractivity contribution < 1.29 is 4.79 Å². The molecule has 1 amide bonds. The fourth-order valence-corrected chi connectivity index (χ4v) is 3.88. The summed E-state index contributed by atoms with van der Waals surface area (Å²) in [6, 6.07) is 11.1. The predicted molar refractivity (Wildman–Crippen MR) is 136 cm³/mol. The first-order valence-electron chi connectivity index (χ1n) is 11.0. The van der Waals surface area contributed by atoms with Crippen molar-refractivity contribution in [1.82, 2.24) is 20.9 Å². The van der Waals surface area contributed by atoms with Crippen molar-refractivity contribution in [1.29, 1.82) is 0 Å². The number of nitrogens with one attached hydrogen (secondary N) is 3. The summed E-state index contributed by atoms with van der Waals surface area (Å²) in [6.07, 6.45) is 3.45. The Bertz CT molecular complexity index is 663. The third kappa shape index (κ3) is 7.72. The van der Waals surface area contributed by atoms with Crippen molar-refractivity contribution in [2.24, 2.45) is 4.99 Å². The average molecular weight is 530 g/mol. The summed E-state index contributed by atoms with van der Waals surface area (Å²) in [7, 11) is 1.87. The summed E-state index contributed by atoms with van der Waals surface area (Å²) in [5.74, 6) is 1.06. The van der Waals surface area contributed by atoms with E-state index in [1.807, 2.05) is 7.05 Å². The molecule has 2 unspecified atom stereocenters. The van der Waals surface area contributed by atoms with E-state index in [-0.39, 0.29) is 47.5 Å². The minimum atomic E-state index is -0.0586. The number of likely N-dealkylation sites (tertiary alicyclic amines) is 1. The number of benzene rings is 1. The summed E-state index contributed by atoms with van der Waals surface area (Å²) >= 11 is 0. The Kier molecular flexibility index (Phi) is 11.7. The van der Waals surface area contributed by atoms with Gasteiger partial charge in [-0.25, -0.2) is 0 Å². The molecule has 0 spiro atoms. The topological polar surface area (TPSA) is 68.8 Å². The van der Waals surface area contributed by atoms with Gasteiger partial charge in [0, 0.05) is 44.2 Å². The molecule has 0 aliphatic carbocycles. The lowest BCUT2D eigenvalue weighted by molar-refractivity contribution is -0.132. The van der Waals surface area contributed by atoms with Crippen LogP contribution in [0.4, 0.5) is 0 Å². The monoisotopic (exact) mass is 529 g/mol. The van der Waals surface area contributed by atoms with Crippen molar-refractivity contribution in [3.8, 4) is 0 Å². The number of halogens is 1. The maximum absolute atomic E-state index is 11.7. The van der Waals surface area contributed by atoms with E-state index >= 15 is 0 Å². The van der Waals surface area contributed by atoms with E-state index < -0.39 is 0 Å². The minimum Gasteiger partial charge on any atom is -0.357 e. The summed E-state index contributed by atoms with van der Waals surface area (Å²) in [6.45, 7) is 11.0. The molecule has 6 nitrogen and oxygen atoms in total. The van der Waals surface area contributed by atoms with Crippen LogP contribution in [0.1, 0.15) is 65.0 Å². The number of guanidine groups is 1. The fraction of sp³-hybridized carbons (Fsp3) is 0.652. The van der Waals surface area contributed by atoms with Gasteiger partial charge in [-0.15, -0.1) is 24.0 Å². The number of piperidine rings is 1. The largest absolute Gasteiger partial charge is 0.357 e. The molecule has 1 aliphatic rings. The molecule has 3 N–H and O–H groups in total. The Hall–Kier alpha value is -1.35. The van der Waals surface area contributed by atoms with Gasteiger partial charge < -0.3 is 20.9 Å². The van der Waals surface area contributed by atoms with Gasteiger partial charge in [0.05, 0.1) is 6.54 Å². The van der Waals surface area contributed by atoms with Crippen molar-refractivity contribution in [3.05, 3.63) is 35.9 Å². The Labute approximate surface area is 199 Å². The molecule has 170 valence electrons. The van der Waals surface area contributed by atoms with Crippen molar-refractivity contribution >= 4 is 35.8 Å². The number of carbonyl (C=O) groups excluding carboxylic acids is 1. The first-order chi connectivity index (χ1) is 13.9. The Morgan fingerprint density at radius 1 is 1.23 bits per heavy atom. The van der Waals surface area contributed by atoms with Crippen molar-refractivity contribution in [2.45, 2.75) is 71.0 Å². The standard InChI is InChI=1S/C23H39N5O.HI/c1-6-23(7-2,27-18(4)19-12-10-9-11-13-19)17-25-22(24-8-3)26-20-14-15-21(29)28(5)16-20;/h9-13,18,20,27H,6-8,14-17H2,1-5H3,(H2,24,25,26);1H. The van der Waals surface area contributed by atoms with Gasteiger partial charge >= 0.3 is 0 Å². The van der Waals surface area contributed by atoms with Crippen molar-refractivity contribution in [2.75, 3.05) is 26.7 Å². The molecule has 7 heteroatoms. The molecule has 2 atom stereocenters. The number of amides is 1. The minimum absolute atomic E-state index is 0. The maximum Gasteiger partial charge on any atom is 0.222 e. The number of aliphatic imine (C=N–C) groups is 1. The normalized spacial score (nSPS) is 18.6. The molecule has 0 radical (unpaired) electrons. The molecule has 30 heavy (non-hydrogen) atoms. The number of nitrogens with zero attached hydrogens (tertiary/aromatic N) is 2. The molecular weight excluding hydrogens is 489 g/mol. The molecule has 1 saturated heterocycles. The second kappa shape index (κ2) is 13.1. The number of hydrogen-bond acceptors (Lipinski definition) is 3. The van der Waals surface area contributed by atoms with Crippen LogP contribution in [0.3, 0.4) is 0 Å². The highest BCUT2D eigenvalue weighted by molar-refractivity contribution is 14.0. The molecule has 1 aromatic rings. The van der Waals surface area contributed by atoms with E-state index in [2.05, 4.69) is 74.0 Å². The number of carbonyl (C=O) groups is 1. The van der Waals surface area contributed by atoms with Crippen LogP contribution in [-0.2, 0) is 4.79 Å². The van der Waals surface area contributed by atoms with Gasteiger partial charge in [0.2, 0.25) is 5.91 Å². The van der Waals surface area contributed by atoms with Gasteiger partial charge in [0.15, 0.2) is 5.96 Å². The summed E-state index contributed by atoms with van der Waals surface area (Å²) in [4.78, 5) is 18.5. The Morgan fingerprint density at radius 3 is 2.47 bits per heavy atom. The molecule has 0 aromatic heterocycles. The first kappa shape index (κ1) is 26.7. The third-order valence-corrected chi connectivity index (χ3v) is 6.03. The number of hydrogen-bond donors (Lipinski definition) is 3. The van der Waals surface area contributed by atoms with E-state index in [1.54, 1.807) is 4.90 Å².